The third-order valence-electron chi connectivity index (χ3n) is 2.61. The minimum absolute atomic E-state index is 0.0982. The molecule has 0 atom stereocenters. The Morgan fingerprint density at radius 3 is 2.74 bits per heavy atom. The van der Waals surface area contributed by atoms with Crippen LogP contribution in [0.3, 0.4) is 0 Å². The molecular formula is C13H15ClN2O3. The third-order valence-corrected chi connectivity index (χ3v) is 2.89. The summed E-state index contributed by atoms with van der Waals surface area (Å²) in [6.45, 7) is 0.251. The molecule has 0 unspecified atom stereocenters. The van der Waals surface area contributed by atoms with Crippen LogP contribution in [0.5, 0.6) is 11.5 Å². The minimum Gasteiger partial charge on any atom is -0.493 e. The van der Waals surface area contributed by atoms with Crippen LogP contribution in [0.4, 0.5) is 0 Å². The molecule has 1 heterocycles. The van der Waals surface area contributed by atoms with Gasteiger partial charge in [-0.15, -0.1) is 0 Å². The summed E-state index contributed by atoms with van der Waals surface area (Å²) in [4.78, 5) is 0. The first-order valence-electron chi connectivity index (χ1n) is 5.71. The molecule has 1 N–H and O–H groups in total. The monoisotopic (exact) mass is 282 g/mol. The first kappa shape index (κ1) is 13.7. The topological polar surface area (TPSA) is 56.5 Å². The summed E-state index contributed by atoms with van der Waals surface area (Å²) in [5, 5.41) is 13.6. The van der Waals surface area contributed by atoms with E-state index in [0.29, 0.717) is 28.7 Å². The van der Waals surface area contributed by atoms with Gasteiger partial charge in [-0.2, -0.15) is 5.10 Å². The summed E-state index contributed by atoms with van der Waals surface area (Å²) in [5.74, 6) is 0.964. The van der Waals surface area contributed by atoms with E-state index in [-0.39, 0.29) is 6.61 Å². The van der Waals surface area contributed by atoms with Crippen molar-refractivity contribution in [2.75, 3.05) is 7.11 Å². The summed E-state index contributed by atoms with van der Waals surface area (Å²) in [6.07, 6.45) is 3.59. The Bertz CT molecular complexity index is 569. The smallest absolute Gasteiger partial charge is 0.180 e. The summed E-state index contributed by atoms with van der Waals surface area (Å²) < 4.78 is 12.6. The van der Waals surface area contributed by atoms with E-state index in [1.165, 1.54) is 7.11 Å². The second-order valence-corrected chi connectivity index (χ2v) is 4.49. The Morgan fingerprint density at radius 1 is 1.37 bits per heavy atom. The molecule has 0 fully saturated rings. The number of aromatic nitrogens is 2. The van der Waals surface area contributed by atoms with Crippen LogP contribution in [0.15, 0.2) is 24.5 Å². The van der Waals surface area contributed by atoms with Crippen molar-refractivity contribution >= 4 is 11.6 Å². The molecule has 102 valence electrons. The second-order valence-electron chi connectivity index (χ2n) is 4.08. The van der Waals surface area contributed by atoms with Gasteiger partial charge in [0.05, 0.1) is 24.9 Å². The van der Waals surface area contributed by atoms with Crippen LogP contribution in [0.25, 0.3) is 0 Å². The Hall–Kier alpha value is -1.72. The Morgan fingerprint density at radius 2 is 2.16 bits per heavy atom. The van der Waals surface area contributed by atoms with Crippen LogP contribution in [0.1, 0.15) is 11.1 Å². The molecule has 0 radical (unpaired) electrons. The molecule has 0 aliphatic heterocycles. The molecule has 19 heavy (non-hydrogen) atoms. The average molecular weight is 283 g/mol. The van der Waals surface area contributed by atoms with Gasteiger partial charge in [0.2, 0.25) is 0 Å². The van der Waals surface area contributed by atoms with E-state index >= 15 is 0 Å². The van der Waals surface area contributed by atoms with E-state index in [1.807, 2.05) is 13.2 Å². The van der Waals surface area contributed by atoms with Crippen molar-refractivity contribution in [3.63, 3.8) is 0 Å². The van der Waals surface area contributed by atoms with E-state index in [1.54, 1.807) is 23.0 Å². The SMILES string of the molecule is COc1cc(CO)cc(Cl)c1OCc1cnn(C)c1. The Kier molecular flexibility index (Phi) is 4.29. The van der Waals surface area contributed by atoms with Gasteiger partial charge in [0.1, 0.15) is 6.61 Å². The predicted octanol–water partition coefficient (Wildman–Crippen LogP) is 2.15. The highest BCUT2D eigenvalue weighted by Gasteiger charge is 2.12. The van der Waals surface area contributed by atoms with E-state index in [2.05, 4.69) is 5.10 Å². The number of aliphatic hydroxyl groups excluding tert-OH is 1. The molecule has 1 aromatic heterocycles. The fraction of sp³-hybridized carbons (Fsp3) is 0.308. The molecular weight excluding hydrogens is 268 g/mol. The summed E-state index contributed by atoms with van der Waals surface area (Å²) in [7, 11) is 3.37. The van der Waals surface area contributed by atoms with Crippen LogP contribution in [-0.4, -0.2) is 22.0 Å². The number of nitrogens with zero attached hydrogens (tertiary/aromatic N) is 2. The van der Waals surface area contributed by atoms with Gasteiger partial charge >= 0.3 is 0 Å². The first-order valence-corrected chi connectivity index (χ1v) is 6.09. The van der Waals surface area contributed by atoms with Gasteiger partial charge < -0.3 is 14.6 Å². The normalized spacial score (nSPS) is 10.5. The summed E-state index contributed by atoms with van der Waals surface area (Å²) in [6, 6.07) is 3.35. The Labute approximate surface area is 116 Å². The number of aryl methyl sites for hydroxylation is 1. The van der Waals surface area contributed by atoms with Crippen molar-refractivity contribution < 1.29 is 14.6 Å². The maximum atomic E-state index is 9.12. The van der Waals surface area contributed by atoms with Crippen molar-refractivity contribution in [2.45, 2.75) is 13.2 Å². The van der Waals surface area contributed by atoms with Crippen LogP contribution < -0.4 is 9.47 Å². The number of methoxy groups -OCH3 is 1. The molecule has 0 bridgehead atoms. The van der Waals surface area contributed by atoms with Gasteiger partial charge in [-0.3, -0.25) is 4.68 Å². The van der Waals surface area contributed by atoms with Crippen LogP contribution in [0.2, 0.25) is 5.02 Å². The van der Waals surface area contributed by atoms with Crippen molar-refractivity contribution in [2.24, 2.45) is 7.05 Å². The molecule has 0 saturated carbocycles. The zero-order chi connectivity index (χ0) is 13.8. The van der Waals surface area contributed by atoms with E-state index in [4.69, 9.17) is 26.2 Å². The van der Waals surface area contributed by atoms with E-state index in [0.717, 1.165) is 5.56 Å². The molecule has 2 aromatic rings. The quantitative estimate of drug-likeness (QED) is 0.913. The lowest BCUT2D eigenvalue weighted by Gasteiger charge is -2.13. The van der Waals surface area contributed by atoms with Crippen LogP contribution in [0, 0.1) is 0 Å². The van der Waals surface area contributed by atoms with Crippen molar-refractivity contribution in [1.29, 1.82) is 0 Å². The average Bonchev–Trinajstić information content (AvgIpc) is 2.82. The minimum atomic E-state index is -0.0982. The molecule has 0 saturated heterocycles. The van der Waals surface area contributed by atoms with E-state index in [9.17, 15) is 0 Å². The molecule has 1 aromatic carbocycles. The molecule has 2 rings (SSSR count). The number of hydrogen-bond donors (Lipinski definition) is 1. The predicted molar refractivity (Wildman–Crippen MR) is 71.5 cm³/mol. The van der Waals surface area contributed by atoms with Gasteiger partial charge in [-0.1, -0.05) is 11.6 Å². The van der Waals surface area contributed by atoms with Gasteiger partial charge in [-0.25, -0.2) is 0 Å². The zero-order valence-electron chi connectivity index (χ0n) is 10.8. The lowest BCUT2D eigenvalue weighted by Crippen LogP contribution is -1.99. The number of benzene rings is 1. The van der Waals surface area contributed by atoms with E-state index < -0.39 is 0 Å². The molecule has 6 heteroatoms. The van der Waals surface area contributed by atoms with Gasteiger partial charge in [0.25, 0.3) is 0 Å². The number of rotatable bonds is 5. The van der Waals surface area contributed by atoms with Gasteiger partial charge in [0, 0.05) is 18.8 Å². The summed E-state index contributed by atoms with van der Waals surface area (Å²) >= 11 is 6.13. The Balaban J connectivity index is 2.19. The molecule has 0 aliphatic carbocycles. The molecule has 5 nitrogen and oxygen atoms in total. The van der Waals surface area contributed by atoms with Gasteiger partial charge in [-0.05, 0) is 17.7 Å². The van der Waals surface area contributed by atoms with Crippen molar-refractivity contribution in [3.05, 3.63) is 40.7 Å². The van der Waals surface area contributed by atoms with Crippen molar-refractivity contribution in [3.8, 4) is 11.5 Å². The molecule has 0 spiro atoms. The molecule has 0 amide bonds. The van der Waals surface area contributed by atoms with Crippen LogP contribution in [-0.2, 0) is 20.3 Å². The standard InChI is InChI=1S/C13H15ClN2O3/c1-16-6-10(5-15-16)8-19-13-11(14)3-9(7-17)4-12(13)18-2/h3-6,17H,7-8H2,1-2H3. The highest BCUT2D eigenvalue weighted by Crippen LogP contribution is 2.36. The second kappa shape index (κ2) is 5.95. The lowest BCUT2D eigenvalue weighted by atomic mass is 10.2. The number of aliphatic hydroxyl groups is 1. The number of halogens is 1. The highest BCUT2D eigenvalue weighted by atomic mass is 35.5. The fourth-order valence-electron chi connectivity index (χ4n) is 1.71. The number of hydrogen-bond acceptors (Lipinski definition) is 4. The maximum absolute atomic E-state index is 9.12. The highest BCUT2D eigenvalue weighted by molar-refractivity contribution is 6.32. The largest absolute Gasteiger partial charge is 0.493 e. The maximum Gasteiger partial charge on any atom is 0.180 e. The fourth-order valence-corrected chi connectivity index (χ4v) is 1.99. The third kappa shape index (κ3) is 3.19. The molecule has 0 aliphatic rings. The van der Waals surface area contributed by atoms with Crippen molar-refractivity contribution in [1.82, 2.24) is 9.78 Å². The summed E-state index contributed by atoms with van der Waals surface area (Å²) in [5.41, 5.74) is 1.61. The zero-order valence-corrected chi connectivity index (χ0v) is 11.5. The number of ether oxygens (including phenoxy) is 2. The van der Waals surface area contributed by atoms with Crippen LogP contribution >= 0.6 is 11.6 Å². The van der Waals surface area contributed by atoms with Gasteiger partial charge in [0.15, 0.2) is 11.5 Å². The lowest BCUT2D eigenvalue weighted by molar-refractivity contribution is 0.274. The first-order chi connectivity index (χ1) is 9.13.